The molecule has 1 heterocycles. The molecule has 17 heavy (non-hydrogen) atoms. The summed E-state index contributed by atoms with van der Waals surface area (Å²) in [5.74, 6) is 1.43. The number of carbonyl (C=O) groups excluding carboxylic acids is 1. The summed E-state index contributed by atoms with van der Waals surface area (Å²) in [6.45, 7) is 6.07. The minimum Gasteiger partial charge on any atom is -0.486 e. The van der Waals surface area contributed by atoms with E-state index in [1.54, 1.807) is 0 Å². The molecular formula is C15H18O2. The first-order valence-electron chi connectivity index (χ1n) is 6.01. The van der Waals surface area contributed by atoms with Crippen LogP contribution >= 0.6 is 0 Å². The van der Waals surface area contributed by atoms with Gasteiger partial charge in [-0.1, -0.05) is 19.1 Å². The standard InChI is InChI=1S/C15H18O2/c1-10-4-5-14-12(3)8-13(6-11(2)9-16)17-15(14)7-10/h4-7,9,12-13H,8H2,1-3H3/b11-6+/t12-,13-/m1/s1. The van der Waals surface area contributed by atoms with Crippen molar-refractivity contribution in [3.63, 3.8) is 0 Å². The second kappa shape index (κ2) is 4.74. The van der Waals surface area contributed by atoms with Crippen LogP contribution in [0.2, 0.25) is 0 Å². The molecule has 2 nitrogen and oxygen atoms in total. The second-order valence-corrected chi connectivity index (χ2v) is 4.86. The third-order valence-electron chi connectivity index (χ3n) is 3.20. The molecule has 0 saturated carbocycles. The van der Waals surface area contributed by atoms with Crippen LogP contribution in [-0.4, -0.2) is 12.4 Å². The normalized spacial score (nSPS) is 23.8. The van der Waals surface area contributed by atoms with Gasteiger partial charge in [0.1, 0.15) is 18.1 Å². The van der Waals surface area contributed by atoms with Crippen LogP contribution in [0.15, 0.2) is 29.8 Å². The van der Waals surface area contributed by atoms with Crippen molar-refractivity contribution < 1.29 is 9.53 Å². The number of aryl methyl sites for hydroxylation is 1. The minimum absolute atomic E-state index is 0.0181. The molecule has 0 spiro atoms. The zero-order valence-corrected chi connectivity index (χ0v) is 10.6. The van der Waals surface area contributed by atoms with Gasteiger partial charge in [0.15, 0.2) is 0 Å². The fourth-order valence-electron chi connectivity index (χ4n) is 2.27. The largest absolute Gasteiger partial charge is 0.486 e. The molecule has 1 aromatic carbocycles. The van der Waals surface area contributed by atoms with E-state index >= 15 is 0 Å². The maximum Gasteiger partial charge on any atom is 0.145 e. The molecule has 0 bridgehead atoms. The first-order chi connectivity index (χ1) is 8.10. The van der Waals surface area contributed by atoms with Crippen molar-refractivity contribution in [3.8, 4) is 5.75 Å². The van der Waals surface area contributed by atoms with E-state index in [1.807, 2.05) is 13.0 Å². The predicted octanol–water partition coefficient (Wildman–Crippen LogP) is 3.39. The lowest BCUT2D eigenvalue weighted by atomic mass is 9.90. The van der Waals surface area contributed by atoms with E-state index in [0.29, 0.717) is 5.92 Å². The van der Waals surface area contributed by atoms with E-state index in [-0.39, 0.29) is 6.10 Å². The number of hydrogen-bond donors (Lipinski definition) is 0. The van der Waals surface area contributed by atoms with Gasteiger partial charge in [-0.05, 0) is 55.0 Å². The molecule has 0 unspecified atom stereocenters. The van der Waals surface area contributed by atoms with Gasteiger partial charge in [0.25, 0.3) is 0 Å². The highest BCUT2D eigenvalue weighted by molar-refractivity contribution is 5.72. The molecular weight excluding hydrogens is 212 g/mol. The van der Waals surface area contributed by atoms with Crippen LogP contribution in [0, 0.1) is 6.92 Å². The Balaban J connectivity index is 2.28. The Morgan fingerprint density at radius 3 is 2.94 bits per heavy atom. The fraction of sp³-hybridized carbons (Fsp3) is 0.400. The van der Waals surface area contributed by atoms with Gasteiger partial charge in [-0.25, -0.2) is 0 Å². The lowest BCUT2D eigenvalue weighted by Gasteiger charge is -2.29. The van der Waals surface area contributed by atoms with E-state index in [1.165, 1.54) is 11.1 Å². The number of hydrogen-bond acceptors (Lipinski definition) is 2. The lowest BCUT2D eigenvalue weighted by molar-refractivity contribution is -0.104. The zero-order chi connectivity index (χ0) is 12.4. The third kappa shape index (κ3) is 2.57. The van der Waals surface area contributed by atoms with Gasteiger partial charge in [-0.15, -0.1) is 0 Å². The Kier molecular flexibility index (Phi) is 3.32. The number of aldehydes is 1. The second-order valence-electron chi connectivity index (χ2n) is 4.86. The molecule has 2 atom stereocenters. The van der Waals surface area contributed by atoms with Gasteiger partial charge in [0, 0.05) is 0 Å². The van der Waals surface area contributed by atoms with Crippen molar-refractivity contribution in [1.82, 2.24) is 0 Å². The minimum atomic E-state index is 0.0181. The summed E-state index contributed by atoms with van der Waals surface area (Å²) >= 11 is 0. The molecule has 0 N–H and O–H groups in total. The molecule has 1 aliphatic rings. The van der Waals surface area contributed by atoms with E-state index in [0.717, 1.165) is 24.0 Å². The summed E-state index contributed by atoms with van der Waals surface area (Å²) < 4.78 is 5.92. The van der Waals surface area contributed by atoms with Crippen molar-refractivity contribution in [2.24, 2.45) is 0 Å². The maximum atomic E-state index is 10.6. The Morgan fingerprint density at radius 2 is 2.24 bits per heavy atom. The summed E-state index contributed by atoms with van der Waals surface area (Å²) in [6, 6.07) is 6.33. The van der Waals surface area contributed by atoms with Crippen molar-refractivity contribution >= 4 is 6.29 Å². The van der Waals surface area contributed by atoms with Crippen molar-refractivity contribution in [3.05, 3.63) is 41.0 Å². The molecule has 0 amide bonds. The summed E-state index contributed by atoms with van der Waals surface area (Å²) in [4.78, 5) is 10.6. The first-order valence-corrected chi connectivity index (χ1v) is 6.01. The zero-order valence-electron chi connectivity index (χ0n) is 10.6. The molecule has 0 saturated heterocycles. The monoisotopic (exact) mass is 230 g/mol. The Labute approximate surface area is 102 Å². The lowest BCUT2D eigenvalue weighted by Crippen LogP contribution is -2.23. The summed E-state index contributed by atoms with van der Waals surface area (Å²) in [5, 5.41) is 0. The van der Waals surface area contributed by atoms with Crippen LogP contribution in [0.5, 0.6) is 5.75 Å². The number of ether oxygens (including phenoxy) is 1. The predicted molar refractivity (Wildman–Crippen MR) is 68.4 cm³/mol. The molecule has 1 aromatic rings. The van der Waals surface area contributed by atoms with Crippen molar-refractivity contribution in [1.29, 1.82) is 0 Å². The highest BCUT2D eigenvalue weighted by Crippen LogP contribution is 2.36. The van der Waals surface area contributed by atoms with Crippen LogP contribution in [0.4, 0.5) is 0 Å². The van der Waals surface area contributed by atoms with Gasteiger partial charge in [0.2, 0.25) is 0 Å². The van der Waals surface area contributed by atoms with Gasteiger partial charge in [0.05, 0.1) is 0 Å². The van der Waals surface area contributed by atoms with Crippen LogP contribution in [0.1, 0.15) is 37.3 Å². The Hall–Kier alpha value is -1.57. The van der Waals surface area contributed by atoms with Crippen LogP contribution in [0.3, 0.4) is 0 Å². The summed E-state index contributed by atoms with van der Waals surface area (Å²) in [7, 11) is 0. The Morgan fingerprint density at radius 1 is 1.47 bits per heavy atom. The van der Waals surface area contributed by atoms with E-state index in [9.17, 15) is 4.79 Å². The quantitative estimate of drug-likeness (QED) is 0.575. The van der Waals surface area contributed by atoms with E-state index in [2.05, 4.69) is 32.0 Å². The van der Waals surface area contributed by atoms with Gasteiger partial charge in [-0.2, -0.15) is 0 Å². The molecule has 0 fully saturated rings. The third-order valence-corrected chi connectivity index (χ3v) is 3.20. The number of fused-ring (bicyclic) bond motifs is 1. The average Bonchev–Trinajstić information content (AvgIpc) is 2.28. The Bertz CT molecular complexity index is 460. The van der Waals surface area contributed by atoms with E-state index in [4.69, 9.17) is 4.74 Å². The molecule has 2 heteroatoms. The maximum absolute atomic E-state index is 10.6. The topological polar surface area (TPSA) is 26.3 Å². The molecule has 1 aliphatic heterocycles. The number of allylic oxidation sites excluding steroid dienone is 1. The molecule has 90 valence electrons. The highest BCUT2D eigenvalue weighted by Gasteiger charge is 2.24. The van der Waals surface area contributed by atoms with Crippen LogP contribution < -0.4 is 4.74 Å². The van der Waals surface area contributed by atoms with Gasteiger partial charge >= 0.3 is 0 Å². The molecule has 0 radical (unpaired) electrons. The number of carbonyl (C=O) groups is 1. The van der Waals surface area contributed by atoms with Crippen molar-refractivity contribution in [2.45, 2.75) is 39.2 Å². The first kappa shape index (κ1) is 11.9. The molecule has 0 aromatic heterocycles. The fourth-order valence-corrected chi connectivity index (χ4v) is 2.27. The van der Waals surface area contributed by atoms with Crippen LogP contribution in [-0.2, 0) is 4.79 Å². The highest BCUT2D eigenvalue weighted by atomic mass is 16.5. The SMILES string of the molecule is C/C(C=O)=C\[C@@H]1C[C@@H](C)c2ccc(C)cc2O1. The van der Waals surface area contributed by atoms with Gasteiger partial charge in [-0.3, -0.25) is 4.79 Å². The smallest absolute Gasteiger partial charge is 0.145 e. The molecule has 0 aliphatic carbocycles. The van der Waals surface area contributed by atoms with Crippen molar-refractivity contribution in [2.75, 3.05) is 0 Å². The van der Waals surface area contributed by atoms with E-state index < -0.39 is 0 Å². The number of benzene rings is 1. The average molecular weight is 230 g/mol. The van der Waals surface area contributed by atoms with Crippen LogP contribution in [0.25, 0.3) is 0 Å². The summed E-state index contributed by atoms with van der Waals surface area (Å²) in [5.41, 5.74) is 3.20. The molecule has 2 rings (SSSR count). The number of rotatable bonds is 2. The van der Waals surface area contributed by atoms with Gasteiger partial charge < -0.3 is 4.74 Å². The summed E-state index contributed by atoms with van der Waals surface area (Å²) in [6.07, 6.45) is 3.74.